The van der Waals surface area contributed by atoms with E-state index in [-0.39, 0.29) is 17.7 Å². The summed E-state index contributed by atoms with van der Waals surface area (Å²) in [4.78, 5) is 30.1. The number of nitrogens with one attached hydrogen (secondary N) is 1. The van der Waals surface area contributed by atoms with Gasteiger partial charge in [-0.15, -0.1) is 11.3 Å². The molecule has 1 aliphatic rings. The molecule has 23 heavy (non-hydrogen) atoms. The molecule has 0 aromatic carbocycles. The van der Waals surface area contributed by atoms with Crippen LogP contribution in [0.1, 0.15) is 56.7 Å². The number of amides is 2. The fraction of sp³-hybridized carbons (Fsp3) is 0.706. The quantitative estimate of drug-likeness (QED) is 0.868. The average Bonchev–Trinajstić information content (AvgIpc) is 3.03. The van der Waals surface area contributed by atoms with Gasteiger partial charge in [-0.25, -0.2) is 4.98 Å². The number of rotatable bonds is 6. The molecule has 1 fully saturated rings. The van der Waals surface area contributed by atoms with Gasteiger partial charge in [0.05, 0.1) is 10.7 Å². The minimum Gasteiger partial charge on any atom is -0.356 e. The molecule has 0 spiro atoms. The van der Waals surface area contributed by atoms with E-state index in [1.807, 2.05) is 25.7 Å². The van der Waals surface area contributed by atoms with Gasteiger partial charge < -0.3 is 10.2 Å². The number of piperidine rings is 1. The average molecular weight is 337 g/mol. The molecule has 0 bridgehead atoms. The SMILES string of the molecule is CCC(=O)NCCc1csc([C@@H]2CCCN(C(=O)C(C)C)C2)n1. The van der Waals surface area contributed by atoms with E-state index in [9.17, 15) is 9.59 Å². The largest absolute Gasteiger partial charge is 0.356 e. The van der Waals surface area contributed by atoms with Crippen LogP contribution in [0.4, 0.5) is 0 Å². The number of thiazole rings is 1. The summed E-state index contributed by atoms with van der Waals surface area (Å²) in [5, 5.41) is 6.08. The second-order valence-corrected chi connectivity index (χ2v) is 7.30. The normalized spacial score (nSPS) is 18.3. The topological polar surface area (TPSA) is 62.3 Å². The van der Waals surface area contributed by atoms with E-state index in [0.717, 1.165) is 43.1 Å². The molecule has 1 N–H and O–H groups in total. The number of hydrogen-bond acceptors (Lipinski definition) is 4. The van der Waals surface area contributed by atoms with Crippen molar-refractivity contribution >= 4 is 23.2 Å². The fourth-order valence-electron chi connectivity index (χ4n) is 2.82. The maximum Gasteiger partial charge on any atom is 0.225 e. The zero-order valence-electron chi connectivity index (χ0n) is 14.3. The Morgan fingerprint density at radius 2 is 2.26 bits per heavy atom. The molecule has 0 aliphatic carbocycles. The molecule has 6 heteroatoms. The first-order valence-electron chi connectivity index (χ1n) is 8.51. The van der Waals surface area contributed by atoms with E-state index >= 15 is 0 Å². The Balaban J connectivity index is 1.89. The maximum absolute atomic E-state index is 12.2. The highest BCUT2D eigenvalue weighted by Gasteiger charge is 2.27. The molecule has 2 rings (SSSR count). The predicted molar refractivity (Wildman–Crippen MR) is 92.5 cm³/mol. The van der Waals surface area contributed by atoms with Crippen molar-refractivity contribution in [3.8, 4) is 0 Å². The molecule has 1 atom stereocenters. The van der Waals surface area contributed by atoms with Crippen LogP contribution in [0.5, 0.6) is 0 Å². The molecule has 0 unspecified atom stereocenters. The number of likely N-dealkylation sites (tertiary alicyclic amines) is 1. The number of carbonyl (C=O) groups is 2. The second-order valence-electron chi connectivity index (χ2n) is 6.41. The summed E-state index contributed by atoms with van der Waals surface area (Å²) in [6.45, 7) is 8.06. The Morgan fingerprint density at radius 1 is 1.48 bits per heavy atom. The van der Waals surface area contributed by atoms with Crippen molar-refractivity contribution in [3.05, 3.63) is 16.1 Å². The fourth-order valence-corrected chi connectivity index (χ4v) is 3.81. The van der Waals surface area contributed by atoms with Gasteiger partial charge in [-0.05, 0) is 12.8 Å². The summed E-state index contributed by atoms with van der Waals surface area (Å²) in [5.74, 6) is 0.738. The molecule has 128 valence electrons. The van der Waals surface area contributed by atoms with Gasteiger partial charge in [0, 0.05) is 49.7 Å². The van der Waals surface area contributed by atoms with Crippen molar-refractivity contribution in [2.45, 2.75) is 52.4 Å². The second kappa shape index (κ2) is 8.43. The molecule has 1 saturated heterocycles. The van der Waals surface area contributed by atoms with Gasteiger partial charge in [0.25, 0.3) is 0 Å². The van der Waals surface area contributed by atoms with Crippen molar-refractivity contribution in [2.75, 3.05) is 19.6 Å². The van der Waals surface area contributed by atoms with Gasteiger partial charge in [-0.2, -0.15) is 0 Å². The van der Waals surface area contributed by atoms with Crippen molar-refractivity contribution < 1.29 is 9.59 Å². The van der Waals surface area contributed by atoms with Crippen LogP contribution in [-0.2, 0) is 16.0 Å². The van der Waals surface area contributed by atoms with E-state index in [4.69, 9.17) is 4.98 Å². The highest BCUT2D eigenvalue weighted by Crippen LogP contribution is 2.29. The first-order valence-corrected chi connectivity index (χ1v) is 9.39. The molecular weight excluding hydrogens is 310 g/mol. The summed E-state index contributed by atoms with van der Waals surface area (Å²) < 4.78 is 0. The van der Waals surface area contributed by atoms with E-state index < -0.39 is 0 Å². The summed E-state index contributed by atoms with van der Waals surface area (Å²) in [6.07, 6.45) is 3.43. The maximum atomic E-state index is 12.2. The van der Waals surface area contributed by atoms with Crippen molar-refractivity contribution in [1.29, 1.82) is 0 Å². The molecule has 0 radical (unpaired) electrons. The summed E-state index contributed by atoms with van der Waals surface area (Å²) >= 11 is 1.68. The molecule has 1 aromatic heterocycles. The van der Waals surface area contributed by atoms with Crippen molar-refractivity contribution in [1.82, 2.24) is 15.2 Å². The molecule has 1 aliphatic heterocycles. The van der Waals surface area contributed by atoms with Crippen LogP contribution >= 0.6 is 11.3 Å². The monoisotopic (exact) mass is 337 g/mol. The minimum absolute atomic E-state index is 0.0581. The standard InChI is InChI=1S/C17H27N3O2S/c1-4-15(21)18-8-7-14-11-23-16(19-14)13-6-5-9-20(10-13)17(22)12(2)3/h11-13H,4-10H2,1-3H3,(H,18,21)/t13-/m1/s1. The van der Waals surface area contributed by atoms with Gasteiger partial charge in [0.1, 0.15) is 0 Å². The van der Waals surface area contributed by atoms with Crippen LogP contribution in [0, 0.1) is 5.92 Å². The number of nitrogens with zero attached hydrogens (tertiary/aromatic N) is 2. The van der Waals surface area contributed by atoms with Gasteiger partial charge in [0.15, 0.2) is 0 Å². The van der Waals surface area contributed by atoms with Gasteiger partial charge in [-0.1, -0.05) is 20.8 Å². The van der Waals surface area contributed by atoms with Gasteiger partial charge in [-0.3, -0.25) is 9.59 Å². The molecule has 1 aromatic rings. The number of aromatic nitrogens is 1. The lowest BCUT2D eigenvalue weighted by atomic mass is 9.97. The smallest absolute Gasteiger partial charge is 0.225 e. The summed E-state index contributed by atoms with van der Waals surface area (Å²) in [7, 11) is 0. The summed E-state index contributed by atoms with van der Waals surface area (Å²) in [6, 6.07) is 0. The van der Waals surface area contributed by atoms with E-state index in [0.29, 0.717) is 18.9 Å². The molecule has 0 saturated carbocycles. The highest BCUT2D eigenvalue weighted by molar-refractivity contribution is 7.09. The number of hydrogen-bond donors (Lipinski definition) is 1. The Labute approximate surface area is 142 Å². The third-order valence-electron chi connectivity index (χ3n) is 4.17. The van der Waals surface area contributed by atoms with Crippen molar-refractivity contribution in [3.63, 3.8) is 0 Å². The molecule has 2 amide bonds. The van der Waals surface area contributed by atoms with Crippen LogP contribution in [-0.4, -0.2) is 41.3 Å². The third-order valence-corrected chi connectivity index (χ3v) is 5.23. The van der Waals surface area contributed by atoms with Crippen LogP contribution < -0.4 is 5.32 Å². The zero-order chi connectivity index (χ0) is 16.8. The first-order chi connectivity index (χ1) is 11.0. The highest BCUT2D eigenvalue weighted by atomic mass is 32.1. The third kappa shape index (κ3) is 5.03. The van der Waals surface area contributed by atoms with Crippen LogP contribution in [0.25, 0.3) is 0 Å². The lowest BCUT2D eigenvalue weighted by Gasteiger charge is -2.33. The predicted octanol–water partition coefficient (Wildman–Crippen LogP) is 2.57. The summed E-state index contributed by atoms with van der Waals surface area (Å²) in [5.41, 5.74) is 1.04. The zero-order valence-corrected chi connectivity index (χ0v) is 15.1. The van der Waals surface area contributed by atoms with Gasteiger partial charge >= 0.3 is 0 Å². The molecule has 2 heterocycles. The first kappa shape index (κ1) is 17.9. The lowest BCUT2D eigenvalue weighted by molar-refractivity contribution is -0.135. The Morgan fingerprint density at radius 3 is 2.96 bits per heavy atom. The molecular formula is C17H27N3O2S. The van der Waals surface area contributed by atoms with Crippen molar-refractivity contribution in [2.24, 2.45) is 5.92 Å². The van der Waals surface area contributed by atoms with Crippen LogP contribution in [0.2, 0.25) is 0 Å². The Hall–Kier alpha value is -1.43. The molecule has 5 nitrogen and oxygen atoms in total. The number of carbonyl (C=O) groups excluding carboxylic acids is 2. The van der Waals surface area contributed by atoms with Crippen LogP contribution in [0.15, 0.2) is 5.38 Å². The van der Waals surface area contributed by atoms with E-state index in [2.05, 4.69) is 10.7 Å². The Kier molecular flexibility index (Phi) is 6.57. The van der Waals surface area contributed by atoms with E-state index in [1.165, 1.54) is 0 Å². The van der Waals surface area contributed by atoms with Gasteiger partial charge in [0.2, 0.25) is 11.8 Å². The van der Waals surface area contributed by atoms with Crippen LogP contribution in [0.3, 0.4) is 0 Å². The Bertz CT molecular complexity index is 542. The van der Waals surface area contributed by atoms with E-state index in [1.54, 1.807) is 11.3 Å². The lowest BCUT2D eigenvalue weighted by Crippen LogP contribution is -2.41. The minimum atomic E-state index is 0.0581.